The Balaban J connectivity index is 1.73. The van der Waals surface area contributed by atoms with Crippen LogP contribution in [0.15, 0.2) is 53.5 Å². The second-order valence-corrected chi connectivity index (χ2v) is 5.21. The van der Waals surface area contributed by atoms with Crippen LogP contribution in [0.1, 0.15) is 23.7 Å². The highest BCUT2D eigenvalue weighted by Gasteiger charge is 2.06. The standard InChI is InChI=1S/C18H19N3O/c1-2-17(22)15-5-3-13(4-6-15)14-7-9-16(10-8-14)21-18-19-11-12-20-18/h3-10H,2,11-12H2,1H3,(H2,19,20,21). The molecule has 0 bridgehead atoms. The molecular formula is C18H19N3O. The first-order valence-electron chi connectivity index (χ1n) is 7.55. The molecule has 112 valence electrons. The Morgan fingerprint density at radius 2 is 1.73 bits per heavy atom. The average molecular weight is 293 g/mol. The topological polar surface area (TPSA) is 53.5 Å². The van der Waals surface area contributed by atoms with E-state index in [1.807, 2.05) is 43.3 Å². The van der Waals surface area contributed by atoms with Crippen LogP contribution in [0.25, 0.3) is 11.1 Å². The number of nitrogens with one attached hydrogen (secondary N) is 2. The summed E-state index contributed by atoms with van der Waals surface area (Å²) < 4.78 is 0. The van der Waals surface area contributed by atoms with E-state index in [1.165, 1.54) is 0 Å². The maximum Gasteiger partial charge on any atom is 0.195 e. The molecule has 2 N–H and O–H groups in total. The SMILES string of the molecule is CCC(=O)c1ccc(-c2ccc(NC3=NCCN3)cc2)cc1. The molecule has 22 heavy (non-hydrogen) atoms. The fourth-order valence-electron chi connectivity index (χ4n) is 2.42. The summed E-state index contributed by atoms with van der Waals surface area (Å²) in [5.74, 6) is 1.01. The number of benzene rings is 2. The molecule has 0 aromatic heterocycles. The van der Waals surface area contributed by atoms with Gasteiger partial charge < -0.3 is 10.6 Å². The number of hydrogen-bond donors (Lipinski definition) is 2. The number of nitrogens with zero attached hydrogens (tertiary/aromatic N) is 1. The van der Waals surface area contributed by atoms with Crippen LogP contribution in [0.3, 0.4) is 0 Å². The second-order valence-electron chi connectivity index (χ2n) is 5.21. The number of carbonyl (C=O) groups is 1. The molecule has 1 aliphatic rings. The van der Waals surface area contributed by atoms with Gasteiger partial charge in [-0.3, -0.25) is 9.79 Å². The molecule has 3 rings (SSSR count). The molecule has 1 aliphatic heterocycles. The van der Waals surface area contributed by atoms with E-state index in [9.17, 15) is 4.79 Å². The highest BCUT2D eigenvalue weighted by atomic mass is 16.1. The minimum Gasteiger partial charge on any atom is -0.354 e. The number of carbonyl (C=O) groups excluding carboxylic acids is 1. The Kier molecular flexibility index (Phi) is 4.19. The Labute approximate surface area is 130 Å². The van der Waals surface area contributed by atoms with E-state index in [1.54, 1.807) is 0 Å². The summed E-state index contributed by atoms with van der Waals surface area (Å²) in [4.78, 5) is 16.0. The van der Waals surface area contributed by atoms with Gasteiger partial charge in [-0.05, 0) is 23.3 Å². The fraction of sp³-hybridized carbons (Fsp3) is 0.222. The Morgan fingerprint density at radius 3 is 2.27 bits per heavy atom. The van der Waals surface area contributed by atoms with Gasteiger partial charge in [-0.1, -0.05) is 43.3 Å². The maximum atomic E-state index is 11.6. The van der Waals surface area contributed by atoms with Gasteiger partial charge in [-0.25, -0.2) is 0 Å². The normalized spacial score (nSPS) is 13.4. The predicted molar refractivity (Wildman–Crippen MR) is 90.4 cm³/mol. The second kappa shape index (κ2) is 6.43. The molecular weight excluding hydrogens is 274 g/mol. The van der Waals surface area contributed by atoms with Gasteiger partial charge in [0.15, 0.2) is 11.7 Å². The summed E-state index contributed by atoms with van der Waals surface area (Å²) in [5.41, 5.74) is 4.02. The van der Waals surface area contributed by atoms with Crippen molar-refractivity contribution < 1.29 is 4.79 Å². The van der Waals surface area contributed by atoms with Crippen molar-refractivity contribution in [1.82, 2.24) is 5.32 Å². The number of rotatable bonds is 4. The van der Waals surface area contributed by atoms with Crippen molar-refractivity contribution in [2.45, 2.75) is 13.3 Å². The van der Waals surface area contributed by atoms with Crippen LogP contribution in [-0.2, 0) is 0 Å². The van der Waals surface area contributed by atoms with Gasteiger partial charge in [-0.2, -0.15) is 0 Å². The highest BCUT2D eigenvalue weighted by Crippen LogP contribution is 2.22. The van der Waals surface area contributed by atoms with Crippen molar-refractivity contribution in [3.05, 3.63) is 54.1 Å². The molecule has 0 radical (unpaired) electrons. The first-order chi connectivity index (χ1) is 10.8. The molecule has 4 heteroatoms. The predicted octanol–water partition coefficient (Wildman–Crippen LogP) is 3.32. The van der Waals surface area contributed by atoms with E-state index >= 15 is 0 Å². The van der Waals surface area contributed by atoms with Crippen LogP contribution >= 0.6 is 0 Å². The van der Waals surface area contributed by atoms with Crippen molar-refractivity contribution in [3.63, 3.8) is 0 Å². The van der Waals surface area contributed by atoms with E-state index < -0.39 is 0 Å². The van der Waals surface area contributed by atoms with E-state index in [-0.39, 0.29) is 5.78 Å². The summed E-state index contributed by atoms with van der Waals surface area (Å²) in [5, 5.41) is 6.43. The first-order valence-corrected chi connectivity index (χ1v) is 7.55. The minimum atomic E-state index is 0.177. The minimum absolute atomic E-state index is 0.177. The number of ketones is 1. The lowest BCUT2D eigenvalue weighted by atomic mass is 10.0. The van der Waals surface area contributed by atoms with Gasteiger partial charge >= 0.3 is 0 Å². The van der Waals surface area contributed by atoms with E-state index in [0.29, 0.717) is 6.42 Å². The van der Waals surface area contributed by atoms with Crippen molar-refractivity contribution in [2.75, 3.05) is 18.4 Å². The van der Waals surface area contributed by atoms with Crippen LogP contribution in [0, 0.1) is 0 Å². The number of aliphatic imine (C=N–C) groups is 1. The maximum absolute atomic E-state index is 11.6. The van der Waals surface area contributed by atoms with E-state index in [2.05, 4.69) is 27.8 Å². The fourth-order valence-corrected chi connectivity index (χ4v) is 2.42. The molecule has 2 aromatic rings. The lowest BCUT2D eigenvalue weighted by Crippen LogP contribution is -2.26. The van der Waals surface area contributed by atoms with Crippen molar-refractivity contribution in [2.24, 2.45) is 4.99 Å². The van der Waals surface area contributed by atoms with E-state index in [4.69, 9.17) is 0 Å². The third-order valence-electron chi connectivity index (χ3n) is 3.68. The summed E-state index contributed by atoms with van der Waals surface area (Å²) in [6.07, 6.45) is 0.539. The average Bonchev–Trinajstić information content (AvgIpc) is 3.08. The smallest absolute Gasteiger partial charge is 0.195 e. The van der Waals surface area contributed by atoms with Crippen LogP contribution in [0.4, 0.5) is 5.69 Å². The molecule has 0 fully saturated rings. The molecule has 0 amide bonds. The third-order valence-corrected chi connectivity index (χ3v) is 3.68. The molecule has 2 aromatic carbocycles. The van der Waals surface area contributed by atoms with Crippen molar-refractivity contribution >= 4 is 17.4 Å². The van der Waals surface area contributed by atoms with Gasteiger partial charge in [0.05, 0.1) is 6.54 Å². The van der Waals surface area contributed by atoms with Crippen molar-refractivity contribution in [3.8, 4) is 11.1 Å². The van der Waals surface area contributed by atoms with Crippen LogP contribution in [-0.4, -0.2) is 24.8 Å². The van der Waals surface area contributed by atoms with Gasteiger partial charge in [0.25, 0.3) is 0 Å². The van der Waals surface area contributed by atoms with Crippen LogP contribution < -0.4 is 10.6 Å². The van der Waals surface area contributed by atoms with Gasteiger partial charge in [0.1, 0.15) is 0 Å². The Morgan fingerprint density at radius 1 is 1.09 bits per heavy atom. The Bertz CT molecular complexity index is 687. The molecule has 0 unspecified atom stereocenters. The first kappa shape index (κ1) is 14.3. The van der Waals surface area contributed by atoms with Gasteiger partial charge in [0, 0.05) is 24.2 Å². The quantitative estimate of drug-likeness (QED) is 0.850. The molecule has 0 spiro atoms. The van der Waals surface area contributed by atoms with E-state index in [0.717, 1.165) is 41.4 Å². The Hall–Kier alpha value is -2.62. The summed E-state index contributed by atoms with van der Waals surface area (Å²) in [6, 6.07) is 16.0. The van der Waals surface area contributed by atoms with Crippen LogP contribution in [0.5, 0.6) is 0 Å². The largest absolute Gasteiger partial charge is 0.354 e. The zero-order chi connectivity index (χ0) is 15.4. The summed E-state index contributed by atoms with van der Waals surface area (Å²) in [6.45, 7) is 3.60. The lowest BCUT2D eigenvalue weighted by Gasteiger charge is -2.08. The molecule has 0 saturated carbocycles. The molecule has 0 saturated heterocycles. The van der Waals surface area contributed by atoms with Crippen molar-refractivity contribution in [1.29, 1.82) is 0 Å². The monoisotopic (exact) mass is 293 g/mol. The van der Waals surface area contributed by atoms with Crippen LogP contribution in [0.2, 0.25) is 0 Å². The number of anilines is 1. The summed E-state index contributed by atoms with van der Waals surface area (Å²) in [7, 11) is 0. The molecule has 0 atom stereocenters. The van der Waals surface area contributed by atoms with Gasteiger partial charge in [-0.15, -0.1) is 0 Å². The number of Topliss-reactive ketones (excluding diaryl/α,β-unsaturated/α-hetero) is 1. The number of guanidine groups is 1. The highest BCUT2D eigenvalue weighted by molar-refractivity contribution is 5.96. The third kappa shape index (κ3) is 3.17. The molecule has 4 nitrogen and oxygen atoms in total. The zero-order valence-corrected chi connectivity index (χ0v) is 12.6. The van der Waals surface area contributed by atoms with Gasteiger partial charge in [0.2, 0.25) is 0 Å². The summed E-state index contributed by atoms with van der Waals surface area (Å²) >= 11 is 0. The molecule has 1 heterocycles. The molecule has 0 aliphatic carbocycles. The zero-order valence-electron chi connectivity index (χ0n) is 12.6. The lowest BCUT2D eigenvalue weighted by molar-refractivity contribution is 0.0988. The number of hydrogen-bond acceptors (Lipinski definition) is 4.